The van der Waals surface area contributed by atoms with Crippen LogP contribution in [0.25, 0.3) is 0 Å². The van der Waals surface area contributed by atoms with Gasteiger partial charge in [0.2, 0.25) is 5.91 Å². The second-order valence-electron chi connectivity index (χ2n) is 7.71. The Labute approximate surface area is 180 Å². The fourth-order valence-electron chi connectivity index (χ4n) is 5.10. The number of halogens is 2. The number of benzene rings is 3. The van der Waals surface area contributed by atoms with Crippen molar-refractivity contribution >= 4 is 34.8 Å². The van der Waals surface area contributed by atoms with Crippen LogP contribution in [0.5, 0.6) is 0 Å². The highest BCUT2D eigenvalue weighted by molar-refractivity contribution is 6.31. The molecule has 3 aromatic rings. The standard InChI is InChI=1S/C24H20Cl2N2O/c25-17-8-4-7-16(13-17)22-24(19(11-12-27-22)15-5-2-1-3-6-15)20-10-9-18(26)14-21(20)28-23(24)29/h1-10,13-14,19,22,27H,11-12H2,(H,28,29). The van der Waals surface area contributed by atoms with Crippen molar-refractivity contribution in [3.8, 4) is 0 Å². The maximum atomic E-state index is 13.7. The van der Waals surface area contributed by atoms with Gasteiger partial charge in [-0.2, -0.15) is 0 Å². The molecule has 2 heterocycles. The molecule has 1 amide bonds. The van der Waals surface area contributed by atoms with E-state index in [0.29, 0.717) is 10.0 Å². The van der Waals surface area contributed by atoms with E-state index in [1.807, 2.05) is 60.7 Å². The molecule has 0 saturated carbocycles. The van der Waals surface area contributed by atoms with Gasteiger partial charge in [-0.15, -0.1) is 0 Å². The first-order valence-electron chi connectivity index (χ1n) is 9.76. The molecule has 0 aromatic heterocycles. The molecule has 3 unspecified atom stereocenters. The van der Waals surface area contributed by atoms with Crippen LogP contribution in [0.3, 0.4) is 0 Å². The van der Waals surface area contributed by atoms with E-state index < -0.39 is 5.41 Å². The summed E-state index contributed by atoms with van der Waals surface area (Å²) >= 11 is 12.6. The van der Waals surface area contributed by atoms with Crippen LogP contribution in [0, 0.1) is 0 Å². The quantitative estimate of drug-likeness (QED) is 0.555. The molecule has 0 bridgehead atoms. The Balaban J connectivity index is 1.78. The van der Waals surface area contributed by atoms with Gasteiger partial charge >= 0.3 is 0 Å². The van der Waals surface area contributed by atoms with Crippen LogP contribution in [0.15, 0.2) is 72.8 Å². The van der Waals surface area contributed by atoms with Crippen LogP contribution in [0.1, 0.15) is 35.1 Å². The summed E-state index contributed by atoms with van der Waals surface area (Å²) in [5, 5.41) is 8.02. The van der Waals surface area contributed by atoms with E-state index in [2.05, 4.69) is 22.8 Å². The molecule has 1 saturated heterocycles. The van der Waals surface area contributed by atoms with Crippen LogP contribution in [-0.4, -0.2) is 12.5 Å². The largest absolute Gasteiger partial charge is 0.325 e. The molecule has 146 valence electrons. The van der Waals surface area contributed by atoms with Gasteiger partial charge in [-0.3, -0.25) is 4.79 Å². The van der Waals surface area contributed by atoms with Crippen molar-refractivity contribution in [1.82, 2.24) is 5.32 Å². The van der Waals surface area contributed by atoms with Crippen molar-refractivity contribution in [1.29, 1.82) is 0 Å². The van der Waals surface area contributed by atoms with Crippen molar-refractivity contribution in [2.45, 2.75) is 23.8 Å². The van der Waals surface area contributed by atoms with Gasteiger partial charge in [-0.05, 0) is 53.9 Å². The lowest BCUT2D eigenvalue weighted by molar-refractivity contribution is -0.123. The summed E-state index contributed by atoms with van der Waals surface area (Å²) in [6.07, 6.45) is 0.858. The Kier molecular flexibility index (Phi) is 4.62. The molecule has 0 radical (unpaired) electrons. The van der Waals surface area contributed by atoms with Gasteiger partial charge in [-0.25, -0.2) is 0 Å². The molecule has 2 N–H and O–H groups in total. The molecular formula is C24H20Cl2N2O. The Hall–Kier alpha value is -2.33. The molecule has 2 aliphatic rings. The molecule has 3 atom stereocenters. The minimum absolute atomic E-state index is 0.000736. The maximum Gasteiger partial charge on any atom is 0.237 e. The van der Waals surface area contributed by atoms with Crippen molar-refractivity contribution in [2.75, 3.05) is 11.9 Å². The van der Waals surface area contributed by atoms with Crippen LogP contribution in [-0.2, 0) is 10.2 Å². The third kappa shape index (κ3) is 2.88. The molecule has 5 heteroatoms. The lowest BCUT2D eigenvalue weighted by Gasteiger charge is -2.47. The number of hydrogen-bond acceptors (Lipinski definition) is 2. The Morgan fingerprint density at radius 3 is 2.41 bits per heavy atom. The molecule has 1 fully saturated rings. The van der Waals surface area contributed by atoms with Gasteiger partial charge in [0.15, 0.2) is 0 Å². The number of amides is 1. The highest BCUT2D eigenvalue weighted by atomic mass is 35.5. The van der Waals surface area contributed by atoms with Gasteiger partial charge < -0.3 is 10.6 Å². The summed E-state index contributed by atoms with van der Waals surface area (Å²) in [5.41, 5.74) is 3.16. The van der Waals surface area contributed by atoms with Crippen molar-refractivity contribution in [3.63, 3.8) is 0 Å². The third-order valence-electron chi connectivity index (χ3n) is 6.22. The first-order chi connectivity index (χ1) is 14.1. The summed E-state index contributed by atoms with van der Waals surface area (Å²) in [7, 11) is 0. The number of anilines is 1. The smallest absolute Gasteiger partial charge is 0.237 e. The molecule has 3 aromatic carbocycles. The number of fused-ring (bicyclic) bond motifs is 2. The molecule has 29 heavy (non-hydrogen) atoms. The first kappa shape index (κ1) is 18.7. The number of carbonyl (C=O) groups is 1. The van der Waals surface area contributed by atoms with E-state index in [-0.39, 0.29) is 17.9 Å². The van der Waals surface area contributed by atoms with Gasteiger partial charge in [0, 0.05) is 21.7 Å². The lowest BCUT2D eigenvalue weighted by atomic mass is 9.59. The molecule has 3 nitrogen and oxygen atoms in total. The highest BCUT2D eigenvalue weighted by Gasteiger charge is 2.59. The van der Waals surface area contributed by atoms with E-state index >= 15 is 0 Å². The Bertz CT molecular complexity index is 1090. The summed E-state index contributed by atoms with van der Waals surface area (Å²) in [6, 6.07) is 23.6. The average Bonchev–Trinajstić information content (AvgIpc) is 3.00. The summed E-state index contributed by atoms with van der Waals surface area (Å²) < 4.78 is 0. The Morgan fingerprint density at radius 2 is 1.62 bits per heavy atom. The normalized spacial score (nSPS) is 25.7. The topological polar surface area (TPSA) is 41.1 Å². The van der Waals surface area contributed by atoms with E-state index in [1.54, 1.807) is 0 Å². The summed E-state index contributed by atoms with van der Waals surface area (Å²) in [4.78, 5) is 13.7. The minimum Gasteiger partial charge on any atom is -0.325 e. The van der Waals surface area contributed by atoms with Gasteiger partial charge in [0.1, 0.15) is 5.41 Å². The Morgan fingerprint density at radius 1 is 0.862 bits per heavy atom. The van der Waals surface area contributed by atoms with Crippen molar-refractivity contribution < 1.29 is 4.79 Å². The lowest BCUT2D eigenvalue weighted by Crippen LogP contribution is -2.55. The number of hydrogen-bond donors (Lipinski definition) is 2. The van der Waals surface area contributed by atoms with Crippen LogP contribution in [0.4, 0.5) is 5.69 Å². The zero-order chi connectivity index (χ0) is 20.0. The molecule has 5 rings (SSSR count). The van der Waals surface area contributed by atoms with Crippen LogP contribution < -0.4 is 10.6 Å². The first-order valence-corrected chi connectivity index (χ1v) is 10.5. The number of nitrogens with one attached hydrogen (secondary N) is 2. The molecular weight excluding hydrogens is 403 g/mol. The molecule has 1 spiro atoms. The van der Waals surface area contributed by atoms with Crippen molar-refractivity contribution in [2.24, 2.45) is 0 Å². The maximum absolute atomic E-state index is 13.7. The number of rotatable bonds is 2. The van der Waals surface area contributed by atoms with Crippen molar-refractivity contribution in [3.05, 3.63) is 99.5 Å². The zero-order valence-corrected chi connectivity index (χ0v) is 17.2. The summed E-state index contributed by atoms with van der Waals surface area (Å²) in [6.45, 7) is 0.814. The second-order valence-corrected chi connectivity index (χ2v) is 8.58. The number of carbonyl (C=O) groups excluding carboxylic acids is 1. The highest BCUT2D eigenvalue weighted by Crippen LogP contribution is 2.57. The van der Waals surface area contributed by atoms with Gasteiger partial charge in [0.25, 0.3) is 0 Å². The average molecular weight is 423 g/mol. The molecule has 2 aliphatic heterocycles. The predicted molar refractivity (Wildman–Crippen MR) is 118 cm³/mol. The minimum atomic E-state index is -0.787. The second kappa shape index (κ2) is 7.17. The van der Waals surface area contributed by atoms with E-state index in [0.717, 1.165) is 29.8 Å². The van der Waals surface area contributed by atoms with E-state index in [4.69, 9.17) is 23.2 Å². The van der Waals surface area contributed by atoms with Crippen LogP contribution >= 0.6 is 23.2 Å². The van der Waals surface area contributed by atoms with E-state index in [1.165, 1.54) is 5.56 Å². The van der Waals surface area contributed by atoms with Crippen LogP contribution in [0.2, 0.25) is 10.0 Å². The van der Waals surface area contributed by atoms with Gasteiger partial charge in [0.05, 0.1) is 6.04 Å². The molecule has 0 aliphatic carbocycles. The predicted octanol–water partition coefficient (Wildman–Crippen LogP) is 5.70. The monoisotopic (exact) mass is 422 g/mol. The SMILES string of the molecule is O=C1Nc2cc(Cl)ccc2C12C(c1ccccc1)CCNC2c1cccc(Cl)c1. The van der Waals surface area contributed by atoms with Gasteiger partial charge in [-0.1, -0.05) is 71.7 Å². The summed E-state index contributed by atoms with van der Waals surface area (Å²) in [5.74, 6) is 0.0251. The fraction of sp³-hybridized carbons (Fsp3) is 0.208. The fourth-order valence-corrected chi connectivity index (χ4v) is 5.48. The third-order valence-corrected chi connectivity index (χ3v) is 6.69. The van der Waals surface area contributed by atoms with E-state index in [9.17, 15) is 4.79 Å². The number of piperidine rings is 1. The zero-order valence-electron chi connectivity index (χ0n) is 15.7.